The highest BCUT2D eigenvalue weighted by Gasteiger charge is 2.33. The fraction of sp³-hybridized carbons (Fsp3) is 0.263. The van der Waals surface area contributed by atoms with Crippen LogP contribution in [-0.4, -0.2) is 29.3 Å². The Hall–Kier alpha value is -2.89. The fourth-order valence-corrected chi connectivity index (χ4v) is 2.99. The van der Waals surface area contributed by atoms with Crippen molar-refractivity contribution in [1.29, 1.82) is 0 Å². The van der Waals surface area contributed by atoms with E-state index in [-0.39, 0.29) is 18.3 Å². The molecule has 0 bridgehead atoms. The number of halogens is 1. The Bertz CT molecular complexity index is 794. The molecule has 0 aromatic heterocycles. The number of ether oxygens (including phenoxy) is 1. The first-order valence-electron chi connectivity index (χ1n) is 8.12. The maximum atomic E-state index is 13.2. The van der Waals surface area contributed by atoms with Crippen LogP contribution in [0.25, 0.3) is 0 Å². The summed E-state index contributed by atoms with van der Waals surface area (Å²) < 4.78 is 18.7. The summed E-state index contributed by atoms with van der Waals surface area (Å²) >= 11 is 0. The molecule has 1 aliphatic heterocycles. The minimum atomic E-state index is -0.542. The van der Waals surface area contributed by atoms with E-state index < -0.39 is 11.9 Å². The van der Waals surface area contributed by atoms with Gasteiger partial charge in [-0.05, 0) is 42.7 Å². The molecule has 2 N–H and O–H groups in total. The van der Waals surface area contributed by atoms with Crippen molar-refractivity contribution in [2.45, 2.75) is 25.5 Å². The van der Waals surface area contributed by atoms with Crippen LogP contribution in [0.15, 0.2) is 48.5 Å². The fourth-order valence-electron chi connectivity index (χ4n) is 2.99. The van der Waals surface area contributed by atoms with E-state index in [0.717, 1.165) is 12.0 Å². The van der Waals surface area contributed by atoms with Crippen LogP contribution in [0, 0.1) is 5.82 Å². The summed E-state index contributed by atoms with van der Waals surface area (Å²) in [5.41, 5.74) is 6.64. The van der Waals surface area contributed by atoms with E-state index >= 15 is 0 Å². The smallest absolute Gasteiger partial charge is 0.254 e. The maximum absolute atomic E-state index is 13.2. The number of carbonyl (C=O) groups excluding carboxylic acids is 2. The molecular weight excluding hydrogens is 323 g/mol. The summed E-state index contributed by atoms with van der Waals surface area (Å²) in [6.07, 6.45) is 1.37. The number of nitrogens with two attached hydrogens (primary N) is 1. The highest BCUT2D eigenvalue weighted by Crippen LogP contribution is 2.21. The van der Waals surface area contributed by atoms with Gasteiger partial charge in [-0.2, -0.15) is 0 Å². The van der Waals surface area contributed by atoms with Gasteiger partial charge in [0, 0.05) is 18.2 Å². The molecule has 3 rings (SSSR count). The summed E-state index contributed by atoms with van der Waals surface area (Å²) in [6, 6.07) is 12.3. The van der Waals surface area contributed by atoms with Gasteiger partial charge in [0.05, 0.1) is 0 Å². The van der Waals surface area contributed by atoms with Crippen LogP contribution in [0.1, 0.15) is 28.8 Å². The van der Waals surface area contributed by atoms with Gasteiger partial charge in [-0.3, -0.25) is 9.59 Å². The van der Waals surface area contributed by atoms with Gasteiger partial charge in [-0.1, -0.05) is 18.2 Å². The van der Waals surface area contributed by atoms with E-state index in [0.29, 0.717) is 24.3 Å². The zero-order chi connectivity index (χ0) is 17.8. The maximum Gasteiger partial charge on any atom is 0.254 e. The standard InChI is InChI=1S/C19H19FN2O3/c20-15-6-2-7-16(11-15)25-12-13-4-1-5-14(10-13)19(24)22-9-3-8-17(22)18(21)23/h1-2,4-7,10-11,17H,3,8-9,12H2,(H2,21,23)/t17-/m0/s1. The molecule has 6 heteroatoms. The molecule has 1 atom stereocenters. The molecule has 0 aliphatic carbocycles. The van der Waals surface area contributed by atoms with Crippen molar-refractivity contribution in [3.63, 3.8) is 0 Å². The van der Waals surface area contributed by atoms with Crippen LogP contribution in [0.3, 0.4) is 0 Å². The van der Waals surface area contributed by atoms with Crippen LogP contribution >= 0.6 is 0 Å². The summed E-state index contributed by atoms with van der Waals surface area (Å²) in [7, 11) is 0. The molecule has 130 valence electrons. The normalized spacial score (nSPS) is 16.7. The average Bonchev–Trinajstić information content (AvgIpc) is 3.10. The Labute approximate surface area is 145 Å². The molecule has 2 aromatic carbocycles. The Balaban J connectivity index is 1.70. The number of amides is 2. The topological polar surface area (TPSA) is 72.6 Å². The Morgan fingerprint density at radius 3 is 2.76 bits per heavy atom. The van der Waals surface area contributed by atoms with Crippen molar-refractivity contribution >= 4 is 11.8 Å². The highest BCUT2D eigenvalue weighted by molar-refractivity contribution is 5.97. The van der Waals surface area contributed by atoms with Crippen LogP contribution < -0.4 is 10.5 Å². The molecule has 1 aliphatic rings. The number of carbonyl (C=O) groups is 2. The van der Waals surface area contributed by atoms with E-state index in [9.17, 15) is 14.0 Å². The molecule has 1 fully saturated rings. The van der Waals surface area contributed by atoms with Crippen LogP contribution in [0.5, 0.6) is 5.75 Å². The summed E-state index contributed by atoms with van der Waals surface area (Å²) in [5.74, 6) is -0.636. The lowest BCUT2D eigenvalue weighted by Gasteiger charge is -2.22. The van der Waals surface area contributed by atoms with E-state index in [1.165, 1.54) is 17.0 Å². The zero-order valence-corrected chi connectivity index (χ0v) is 13.7. The first-order chi connectivity index (χ1) is 12.0. The average molecular weight is 342 g/mol. The van der Waals surface area contributed by atoms with Gasteiger partial charge in [-0.25, -0.2) is 4.39 Å². The SMILES string of the molecule is NC(=O)[C@@H]1CCCN1C(=O)c1cccc(COc2cccc(F)c2)c1. The predicted molar refractivity (Wildman–Crippen MR) is 90.4 cm³/mol. The van der Waals surface area contributed by atoms with Gasteiger partial charge in [0.2, 0.25) is 5.91 Å². The second kappa shape index (κ2) is 7.34. The molecule has 1 saturated heterocycles. The summed E-state index contributed by atoms with van der Waals surface area (Å²) in [4.78, 5) is 25.7. The third-order valence-corrected chi connectivity index (χ3v) is 4.22. The van der Waals surface area contributed by atoms with Crippen molar-refractivity contribution in [2.75, 3.05) is 6.54 Å². The monoisotopic (exact) mass is 342 g/mol. The second-order valence-electron chi connectivity index (χ2n) is 6.01. The highest BCUT2D eigenvalue weighted by atomic mass is 19.1. The largest absolute Gasteiger partial charge is 0.489 e. The van der Waals surface area contributed by atoms with Gasteiger partial charge < -0.3 is 15.4 Å². The number of likely N-dealkylation sites (tertiary alicyclic amines) is 1. The Kier molecular flexibility index (Phi) is 4.97. The Morgan fingerprint density at radius 1 is 1.20 bits per heavy atom. The molecule has 5 nitrogen and oxygen atoms in total. The van der Waals surface area contributed by atoms with Gasteiger partial charge in [0.15, 0.2) is 0 Å². The minimum Gasteiger partial charge on any atom is -0.489 e. The summed E-state index contributed by atoms with van der Waals surface area (Å²) in [5, 5.41) is 0. The molecule has 0 spiro atoms. The number of rotatable bonds is 5. The van der Waals surface area contributed by atoms with Crippen LogP contribution in [0.4, 0.5) is 4.39 Å². The van der Waals surface area contributed by atoms with Gasteiger partial charge in [0.25, 0.3) is 5.91 Å². The van der Waals surface area contributed by atoms with Gasteiger partial charge in [-0.15, -0.1) is 0 Å². The molecule has 1 heterocycles. The quantitative estimate of drug-likeness (QED) is 0.907. The molecule has 0 saturated carbocycles. The first-order valence-corrected chi connectivity index (χ1v) is 8.12. The minimum absolute atomic E-state index is 0.212. The molecule has 2 aromatic rings. The van der Waals surface area contributed by atoms with Crippen molar-refractivity contribution in [2.24, 2.45) is 5.73 Å². The van der Waals surface area contributed by atoms with Gasteiger partial charge >= 0.3 is 0 Å². The Morgan fingerprint density at radius 2 is 2.00 bits per heavy atom. The lowest BCUT2D eigenvalue weighted by molar-refractivity contribution is -0.121. The van der Waals surface area contributed by atoms with E-state index in [4.69, 9.17) is 10.5 Å². The first kappa shape index (κ1) is 17.0. The van der Waals surface area contributed by atoms with Crippen molar-refractivity contribution in [3.05, 3.63) is 65.5 Å². The van der Waals surface area contributed by atoms with Crippen molar-refractivity contribution < 1.29 is 18.7 Å². The number of nitrogens with zero attached hydrogens (tertiary/aromatic N) is 1. The lowest BCUT2D eigenvalue weighted by Crippen LogP contribution is -2.43. The molecule has 25 heavy (non-hydrogen) atoms. The van der Waals surface area contributed by atoms with Crippen LogP contribution in [0.2, 0.25) is 0 Å². The summed E-state index contributed by atoms with van der Waals surface area (Å²) in [6.45, 7) is 0.736. The van der Waals surface area contributed by atoms with Crippen molar-refractivity contribution in [3.8, 4) is 5.75 Å². The number of hydrogen-bond acceptors (Lipinski definition) is 3. The van der Waals surface area contributed by atoms with E-state index in [1.807, 2.05) is 6.07 Å². The number of primary amides is 1. The van der Waals surface area contributed by atoms with E-state index in [1.54, 1.807) is 30.3 Å². The third-order valence-electron chi connectivity index (χ3n) is 4.22. The molecule has 2 amide bonds. The van der Waals surface area contributed by atoms with Gasteiger partial charge in [0.1, 0.15) is 24.2 Å². The number of benzene rings is 2. The van der Waals surface area contributed by atoms with E-state index in [2.05, 4.69) is 0 Å². The molecular formula is C19H19FN2O3. The third kappa shape index (κ3) is 3.96. The zero-order valence-electron chi connectivity index (χ0n) is 13.7. The predicted octanol–water partition coefficient (Wildman–Crippen LogP) is 2.49. The van der Waals surface area contributed by atoms with Crippen molar-refractivity contribution in [1.82, 2.24) is 4.90 Å². The lowest BCUT2D eigenvalue weighted by atomic mass is 10.1. The number of hydrogen-bond donors (Lipinski definition) is 1. The molecule has 0 unspecified atom stereocenters. The van der Waals surface area contributed by atoms with Crippen LogP contribution in [-0.2, 0) is 11.4 Å². The second-order valence-corrected chi connectivity index (χ2v) is 6.01. The molecule has 0 radical (unpaired) electrons.